The van der Waals surface area contributed by atoms with Crippen molar-refractivity contribution in [1.29, 1.82) is 0 Å². The van der Waals surface area contributed by atoms with Gasteiger partial charge in [-0.1, -0.05) is 6.07 Å². The van der Waals surface area contributed by atoms with Crippen LogP contribution in [-0.2, 0) is 0 Å². The van der Waals surface area contributed by atoms with Crippen molar-refractivity contribution >= 4 is 11.7 Å². The van der Waals surface area contributed by atoms with Crippen molar-refractivity contribution in [3.05, 3.63) is 39.4 Å². The number of carboxylic acid groups (broad SMARTS) is 1. The van der Waals surface area contributed by atoms with E-state index in [2.05, 4.69) is 0 Å². The van der Waals surface area contributed by atoms with Gasteiger partial charge in [0.1, 0.15) is 12.2 Å². The topological polar surface area (TPSA) is 141 Å². The number of aliphatic hydroxyl groups excluding tert-OH is 3. The summed E-state index contributed by atoms with van der Waals surface area (Å²) in [5.74, 6) is -1.47. The van der Waals surface area contributed by atoms with Crippen LogP contribution in [0, 0.1) is 10.1 Å². The van der Waals surface area contributed by atoms with E-state index in [1.807, 2.05) is 0 Å². The van der Waals surface area contributed by atoms with Crippen LogP contribution in [-0.4, -0.2) is 44.0 Å². The maximum absolute atomic E-state index is 10.9. The molecule has 0 aromatic heterocycles. The van der Waals surface area contributed by atoms with Crippen molar-refractivity contribution in [1.82, 2.24) is 0 Å². The lowest BCUT2D eigenvalue weighted by molar-refractivity contribution is -0.386. The zero-order valence-electron chi connectivity index (χ0n) is 9.05. The molecule has 98 valence electrons. The van der Waals surface area contributed by atoms with E-state index in [1.54, 1.807) is 0 Å². The van der Waals surface area contributed by atoms with E-state index in [1.165, 1.54) is 0 Å². The summed E-state index contributed by atoms with van der Waals surface area (Å²) in [4.78, 5) is 20.8. The Hall–Kier alpha value is -2.03. The SMILES string of the molecule is O=C(O)c1cccc([N+](=O)[O-])c1C(O)C(O)CO. The highest BCUT2D eigenvalue weighted by molar-refractivity contribution is 5.91. The van der Waals surface area contributed by atoms with Crippen LogP contribution in [0.1, 0.15) is 22.0 Å². The molecule has 0 spiro atoms. The van der Waals surface area contributed by atoms with Crippen molar-refractivity contribution in [3.8, 4) is 0 Å². The van der Waals surface area contributed by atoms with Crippen molar-refractivity contribution in [2.75, 3.05) is 6.61 Å². The van der Waals surface area contributed by atoms with Gasteiger partial charge in [-0.2, -0.15) is 0 Å². The summed E-state index contributed by atoms with van der Waals surface area (Å²) in [5, 5.41) is 47.3. The fraction of sp³-hybridized carbons (Fsp3) is 0.300. The Bertz CT molecular complexity index is 441. The first-order valence-corrected chi connectivity index (χ1v) is 4.87. The first-order chi connectivity index (χ1) is 8.40. The minimum atomic E-state index is -1.86. The zero-order valence-corrected chi connectivity index (χ0v) is 9.05. The molecule has 2 atom stereocenters. The van der Waals surface area contributed by atoms with Crippen molar-refractivity contribution in [3.63, 3.8) is 0 Å². The molecule has 4 N–H and O–H groups in total. The molecule has 0 aliphatic heterocycles. The molecule has 0 saturated heterocycles. The maximum Gasteiger partial charge on any atom is 0.336 e. The monoisotopic (exact) mass is 257 g/mol. The molecule has 0 radical (unpaired) electrons. The number of carbonyl (C=O) groups is 1. The lowest BCUT2D eigenvalue weighted by Crippen LogP contribution is -2.24. The fourth-order valence-corrected chi connectivity index (χ4v) is 1.50. The average Bonchev–Trinajstić information content (AvgIpc) is 2.35. The number of nitro groups is 1. The standard InChI is InChI=1S/C10H11NO7/c12-4-7(13)9(14)8-5(10(15)16)2-1-3-6(8)11(17)18/h1-3,7,9,12-14H,4H2,(H,15,16). The maximum atomic E-state index is 10.9. The van der Waals surface area contributed by atoms with Crippen LogP contribution in [0.4, 0.5) is 5.69 Å². The number of benzene rings is 1. The number of aromatic carboxylic acids is 1. The second-order valence-corrected chi connectivity index (χ2v) is 3.50. The highest BCUT2D eigenvalue weighted by Gasteiger charge is 2.30. The molecule has 0 bridgehead atoms. The first kappa shape index (κ1) is 14.0. The Morgan fingerprint density at radius 2 is 2.00 bits per heavy atom. The molecule has 0 heterocycles. The van der Waals surface area contributed by atoms with E-state index >= 15 is 0 Å². The van der Waals surface area contributed by atoms with Crippen LogP contribution < -0.4 is 0 Å². The van der Waals surface area contributed by atoms with Gasteiger partial charge in [0.2, 0.25) is 0 Å². The second kappa shape index (κ2) is 5.54. The molecule has 0 amide bonds. The highest BCUT2D eigenvalue weighted by Crippen LogP contribution is 2.30. The molecular formula is C10H11NO7. The van der Waals surface area contributed by atoms with E-state index < -0.39 is 46.5 Å². The quantitative estimate of drug-likeness (QED) is 0.418. The predicted octanol–water partition coefficient (Wildman–Crippen LogP) is -0.320. The number of nitrogens with zero attached hydrogens (tertiary/aromatic N) is 1. The minimum Gasteiger partial charge on any atom is -0.478 e. The van der Waals surface area contributed by atoms with Crippen LogP contribution in [0.5, 0.6) is 0 Å². The van der Waals surface area contributed by atoms with Gasteiger partial charge in [-0.05, 0) is 6.07 Å². The Morgan fingerprint density at radius 1 is 1.39 bits per heavy atom. The summed E-state index contributed by atoms with van der Waals surface area (Å²) >= 11 is 0. The van der Waals surface area contributed by atoms with E-state index in [4.69, 9.17) is 10.2 Å². The lowest BCUT2D eigenvalue weighted by Gasteiger charge is -2.17. The van der Waals surface area contributed by atoms with Crippen LogP contribution >= 0.6 is 0 Å². The number of aliphatic hydroxyl groups is 3. The zero-order chi connectivity index (χ0) is 13.9. The van der Waals surface area contributed by atoms with Gasteiger partial charge in [-0.15, -0.1) is 0 Å². The molecule has 2 unspecified atom stereocenters. The molecule has 8 heteroatoms. The number of hydrogen-bond acceptors (Lipinski definition) is 6. The van der Waals surface area contributed by atoms with Crippen molar-refractivity contribution in [2.45, 2.75) is 12.2 Å². The Labute approximate surface area is 101 Å². The van der Waals surface area contributed by atoms with E-state index in [0.717, 1.165) is 18.2 Å². The van der Waals surface area contributed by atoms with Crippen LogP contribution in [0.3, 0.4) is 0 Å². The number of hydrogen-bond donors (Lipinski definition) is 4. The number of nitro benzene ring substituents is 1. The summed E-state index contributed by atoms with van der Waals surface area (Å²) in [6.45, 7) is -0.855. The molecule has 0 fully saturated rings. The summed E-state index contributed by atoms with van der Waals surface area (Å²) in [7, 11) is 0. The highest BCUT2D eigenvalue weighted by atomic mass is 16.6. The predicted molar refractivity (Wildman–Crippen MR) is 58.1 cm³/mol. The van der Waals surface area contributed by atoms with Gasteiger partial charge < -0.3 is 20.4 Å². The summed E-state index contributed by atoms with van der Waals surface area (Å²) < 4.78 is 0. The Morgan fingerprint density at radius 3 is 2.44 bits per heavy atom. The largest absolute Gasteiger partial charge is 0.478 e. The third-order valence-electron chi connectivity index (χ3n) is 2.36. The number of carboxylic acids is 1. The summed E-state index contributed by atoms with van der Waals surface area (Å²) in [5.41, 5.74) is -1.66. The molecule has 1 aromatic carbocycles. The molecule has 8 nitrogen and oxygen atoms in total. The fourth-order valence-electron chi connectivity index (χ4n) is 1.50. The molecule has 18 heavy (non-hydrogen) atoms. The molecule has 1 rings (SSSR count). The van der Waals surface area contributed by atoms with E-state index in [9.17, 15) is 25.1 Å². The molecule has 0 aliphatic rings. The van der Waals surface area contributed by atoms with E-state index in [0.29, 0.717) is 0 Å². The van der Waals surface area contributed by atoms with Gasteiger partial charge >= 0.3 is 5.97 Å². The van der Waals surface area contributed by atoms with Crippen LogP contribution in [0.2, 0.25) is 0 Å². The molecule has 0 aliphatic carbocycles. The summed E-state index contributed by atoms with van der Waals surface area (Å²) in [6, 6.07) is 3.23. The van der Waals surface area contributed by atoms with E-state index in [-0.39, 0.29) is 0 Å². The summed E-state index contributed by atoms with van der Waals surface area (Å²) in [6.07, 6.45) is -3.56. The van der Waals surface area contributed by atoms with Crippen molar-refractivity contribution in [2.24, 2.45) is 0 Å². The van der Waals surface area contributed by atoms with Gasteiger partial charge in [-0.25, -0.2) is 4.79 Å². The minimum absolute atomic E-state index is 0.496. The van der Waals surface area contributed by atoms with Crippen LogP contribution in [0.25, 0.3) is 0 Å². The average molecular weight is 257 g/mol. The first-order valence-electron chi connectivity index (χ1n) is 4.87. The normalized spacial score (nSPS) is 13.9. The molecular weight excluding hydrogens is 246 g/mol. The van der Waals surface area contributed by atoms with Gasteiger partial charge in [0, 0.05) is 6.07 Å². The smallest absolute Gasteiger partial charge is 0.336 e. The van der Waals surface area contributed by atoms with Gasteiger partial charge in [0.15, 0.2) is 0 Å². The molecule has 0 saturated carbocycles. The van der Waals surface area contributed by atoms with Gasteiger partial charge in [0.25, 0.3) is 5.69 Å². The second-order valence-electron chi connectivity index (χ2n) is 3.50. The van der Waals surface area contributed by atoms with Gasteiger partial charge in [-0.3, -0.25) is 10.1 Å². The lowest BCUT2D eigenvalue weighted by atomic mass is 9.97. The molecule has 1 aromatic rings. The third kappa shape index (κ3) is 2.62. The Kier molecular flexibility index (Phi) is 4.32. The van der Waals surface area contributed by atoms with Crippen molar-refractivity contribution < 1.29 is 30.1 Å². The van der Waals surface area contributed by atoms with Crippen LogP contribution in [0.15, 0.2) is 18.2 Å². The third-order valence-corrected chi connectivity index (χ3v) is 2.36. The number of rotatable bonds is 5. The van der Waals surface area contributed by atoms with Gasteiger partial charge in [0.05, 0.1) is 22.7 Å². The Balaban J connectivity index is 3.44.